The van der Waals surface area contributed by atoms with Gasteiger partial charge in [-0.25, -0.2) is 8.42 Å². The summed E-state index contributed by atoms with van der Waals surface area (Å²) in [6.07, 6.45) is 2.92. The number of carbonyl (C=O) groups excluding carboxylic acids is 1. The van der Waals surface area contributed by atoms with E-state index in [2.05, 4.69) is 5.32 Å². The summed E-state index contributed by atoms with van der Waals surface area (Å²) in [4.78, 5) is 12.1. The molecule has 7 heteroatoms. The quantitative estimate of drug-likeness (QED) is 0.801. The highest BCUT2D eigenvalue weighted by molar-refractivity contribution is 7.90. The molecule has 0 bridgehead atoms. The normalized spacial score (nSPS) is 15.9. The first-order valence-corrected chi connectivity index (χ1v) is 8.59. The van der Waals surface area contributed by atoms with Gasteiger partial charge in [-0.1, -0.05) is 6.07 Å². The monoisotopic (exact) mass is 332 g/mol. The molecule has 1 aliphatic carbocycles. The summed E-state index contributed by atoms with van der Waals surface area (Å²) in [5.41, 5.74) is 7.35. The molecule has 5 nitrogen and oxygen atoms in total. The molecule has 1 fully saturated rings. The number of benzene rings is 1. The van der Waals surface area contributed by atoms with Gasteiger partial charge in [-0.2, -0.15) is 0 Å². The molecular weight excluding hydrogens is 312 g/mol. The molecule has 0 atom stereocenters. The first-order valence-electron chi connectivity index (χ1n) is 6.53. The van der Waals surface area contributed by atoms with Crippen LogP contribution in [0.5, 0.6) is 0 Å². The second kappa shape index (κ2) is 6.23. The molecule has 0 heterocycles. The number of halogens is 1. The lowest BCUT2D eigenvalue weighted by molar-refractivity contribution is 0.0945. The van der Waals surface area contributed by atoms with Crippen molar-refractivity contribution in [2.45, 2.75) is 19.8 Å². The smallest absolute Gasteiger partial charge is 0.251 e. The fraction of sp³-hybridized carbons (Fsp3) is 0.500. The Kier molecular flexibility index (Phi) is 5.28. The third-order valence-electron chi connectivity index (χ3n) is 3.66. The van der Waals surface area contributed by atoms with Crippen molar-refractivity contribution in [2.75, 3.05) is 24.3 Å². The molecule has 3 N–H and O–H groups in total. The van der Waals surface area contributed by atoms with E-state index in [1.165, 1.54) is 6.26 Å². The second-order valence-corrected chi connectivity index (χ2v) is 7.97. The fourth-order valence-electron chi connectivity index (χ4n) is 2.35. The van der Waals surface area contributed by atoms with Crippen LogP contribution in [-0.2, 0) is 9.84 Å². The van der Waals surface area contributed by atoms with E-state index in [0.717, 1.165) is 18.4 Å². The number of carbonyl (C=O) groups is 1. The van der Waals surface area contributed by atoms with Crippen LogP contribution >= 0.6 is 12.4 Å². The molecule has 0 aromatic heterocycles. The third kappa shape index (κ3) is 4.89. The molecule has 1 aromatic rings. The van der Waals surface area contributed by atoms with Crippen molar-refractivity contribution in [3.8, 4) is 0 Å². The van der Waals surface area contributed by atoms with E-state index in [9.17, 15) is 13.2 Å². The SMILES string of the molecule is Cc1ccc(N)cc1C(=O)NCC1(CS(C)(=O)=O)CC1.Cl. The molecule has 1 aliphatic rings. The Labute approximate surface area is 131 Å². The van der Waals surface area contributed by atoms with Gasteiger partial charge in [-0.3, -0.25) is 4.79 Å². The Morgan fingerprint density at radius 1 is 1.38 bits per heavy atom. The van der Waals surface area contributed by atoms with Crippen LogP contribution in [0.25, 0.3) is 0 Å². The fourth-order valence-corrected chi connectivity index (χ4v) is 3.86. The van der Waals surface area contributed by atoms with E-state index in [0.29, 0.717) is 17.8 Å². The number of nitrogens with two attached hydrogens (primary N) is 1. The molecular formula is C14H21ClN2O3S. The van der Waals surface area contributed by atoms with Gasteiger partial charge in [0, 0.05) is 29.5 Å². The number of anilines is 1. The molecule has 0 radical (unpaired) electrons. The first-order chi connectivity index (χ1) is 9.21. The van der Waals surface area contributed by atoms with Gasteiger partial charge < -0.3 is 11.1 Å². The van der Waals surface area contributed by atoms with Gasteiger partial charge in [0.2, 0.25) is 0 Å². The van der Waals surface area contributed by atoms with Crippen LogP contribution in [0.3, 0.4) is 0 Å². The summed E-state index contributed by atoms with van der Waals surface area (Å²) in [7, 11) is -3.02. The van der Waals surface area contributed by atoms with Gasteiger partial charge in [-0.15, -0.1) is 12.4 Å². The lowest BCUT2D eigenvalue weighted by Crippen LogP contribution is -2.34. The molecule has 2 rings (SSSR count). The Morgan fingerprint density at radius 2 is 2.00 bits per heavy atom. The Bertz CT molecular complexity index is 640. The second-order valence-electron chi connectivity index (χ2n) is 5.83. The lowest BCUT2D eigenvalue weighted by atomic mass is 10.1. The van der Waals surface area contributed by atoms with E-state index in [1.807, 2.05) is 6.92 Å². The predicted molar refractivity (Wildman–Crippen MR) is 86.6 cm³/mol. The number of hydrogen-bond donors (Lipinski definition) is 2. The highest BCUT2D eigenvalue weighted by Crippen LogP contribution is 2.46. The number of amides is 1. The summed E-state index contributed by atoms with van der Waals surface area (Å²) in [5.74, 6) is -0.0644. The van der Waals surface area contributed by atoms with Crippen LogP contribution in [-0.4, -0.2) is 32.9 Å². The first kappa shape index (κ1) is 17.8. The zero-order valence-electron chi connectivity index (χ0n) is 12.2. The minimum Gasteiger partial charge on any atom is -0.399 e. The molecule has 1 amide bonds. The van der Waals surface area contributed by atoms with Gasteiger partial charge >= 0.3 is 0 Å². The lowest BCUT2D eigenvalue weighted by Gasteiger charge is -2.15. The number of hydrogen-bond acceptors (Lipinski definition) is 4. The topological polar surface area (TPSA) is 89.3 Å². The Hall–Kier alpha value is -1.27. The van der Waals surface area contributed by atoms with Crippen LogP contribution in [0.4, 0.5) is 5.69 Å². The van der Waals surface area contributed by atoms with Gasteiger partial charge in [0.05, 0.1) is 5.75 Å². The van der Waals surface area contributed by atoms with Gasteiger partial charge in [-0.05, 0) is 37.5 Å². The number of nitrogen functional groups attached to an aromatic ring is 1. The van der Waals surface area contributed by atoms with Crippen molar-refractivity contribution in [1.29, 1.82) is 0 Å². The van der Waals surface area contributed by atoms with E-state index >= 15 is 0 Å². The standard InChI is InChI=1S/C14H20N2O3S.ClH/c1-10-3-4-11(15)7-12(10)13(17)16-8-14(5-6-14)9-20(2,18)19;/h3-4,7H,5-6,8-9,15H2,1-2H3,(H,16,17);1H. The molecule has 1 saturated carbocycles. The van der Waals surface area contributed by atoms with Crippen molar-refractivity contribution < 1.29 is 13.2 Å². The molecule has 0 aliphatic heterocycles. The summed E-state index contributed by atoms with van der Waals surface area (Å²) in [6.45, 7) is 2.24. The highest BCUT2D eigenvalue weighted by Gasteiger charge is 2.45. The van der Waals surface area contributed by atoms with Gasteiger partial charge in [0.15, 0.2) is 0 Å². The van der Waals surface area contributed by atoms with Crippen molar-refractivity contribution in [1.82, 2.24) is 5.32 Å². The molecule has 0 unspecified atom stereocenters. The predicted octanol–water partition coefficient (Wildman–Crippen LogP) is 1.55. The van der Waals surface area contributed by atoms with Crippen molar-refractivity contribution in [3.05, 3.63) is 29.3 Å². The number of nitrogens with one attached hydrogen (secondary N) is 1. The maximum atomic E-state index is 12.1. The molecule has 0 saturated heterocycles. The molecule has 21 heavy (non-hydrogen) atoms. The number of sulfone groups is 1. The van der Waals surface area contributed by atoms with Crippen LogP contribution in [0.2, 0.25) is 0 Å². The van der Waals surface area contributed by atoms with Crippen molar-refractivity contribution in [3.63, 3.8) is 0 Å². The van der Waals surface area contributed by atoms with Gasteiger partial charge in [0.25, 0.3) is 5.91 Å². The largest absolute Gasteiger partial charge is 0.399 e. The zero-order valence-corrected chi connectivity index (χ0v) is 13.8. The van der Waals surface area contributed by atoms with Crippen LogP contribution in [0.15, 0.2) is 18.2 Å². The maximum absolute atomic E-state index is 12.1. The van der Waals surface area contributed by atoms with Crippen molar-refractivity contribution in [2.24, 2.45) is 5.41 Å². The Balaban J connectivity index is 0.00000220. The molecule has 1 aromatic carbocycles. The third-order valence-corrected chi connectivity index (χ3v) is 4.79. The minimum atomic E-state index is -3.02. The molecule has 0 spiro atoms. The average molecular weight is 333 g/mol. The number of aryl methyl sites for hydroxylation is 1. The van der Waals surface area contributed by atoms with Crippen LogP contribution in [0, 0.1) is 12.3 Å². The van der Waals surface area contributed by atoms with E-state index in [4.69, 9.17) is 5.73 Å². The summed E-state index contributed by atoms with van der Waals surface area (Å²) in [5, 5.41) is 2.83. The summed E-state index contributed by atoms with van der Waals surface area (Å²) in [6, 6.07) is 5.19. The van der Waals surface area contributed by atoms with E-state index in [1.54, 1.807) is 18.2 Å². The van der Waals surface area contributed by atoms with E-state index in [-0.39, 0.29) is 29.5 Å². The summed E-state index contributed by atoms with van der Waals surface area (Å²) >= 11 is 0. The zero-order chi connectivity index (χ0) is 15.0. The van der Waals surface area contributed by atoms with Crippen LogP contribution < -0.4 is 11.1 Å². The average Bonchev–Trinajstić information content (AvgIpc) is 3.07. The van der Waals surface area contributed by atoms with Crippen LogP contribution in [0.1, 0.15) is 28.8 Å². The maximum Gasteiger partial charge on any atom is 0.251 e. The van der Waals surface area contributed by atoms with Crippen molar-refractivity contribution >= 4 is 33.8 Å². The highest BCUT2D eigenvalue weighted by atomic mass is 35.5. The minimum absolute atomic E-state index is 0. The number of rotatable bonds is 5. The van der Waals surface area contributed by atoms with Gasteiger partial charge in [0.1, 0.15) is 9.84 Å². The Morgan fingerprint density at radius 3 is 2.52 bits per heavy atom. The molecule has 118 valence electrons. The van der Waals surface area contributed by atoms with E-state index < -0.39 is 9.84 Å². The summed E-state index contributed by atoms with van der Waals surface area (Å²) < 4.78 is 22.7.